The number of nitrogens with zero attached hydrogens (tertiary/aromatic N) is 9. The molecule has 0 amide bonds. The van der Waals surface area contributed by atoms with Crippen LogP contribution in [0.1, 0.15) is 36.3 Å². The van der Waals surface area contributed by atoms with E-state index in [1.54, 1.807) is 10.9 Å². The van der Waals surface area contributed by atoms with Crippen molar-refractivity contribution in [2.75, 3.05) is 13.1 Å². The third-order valence-electron chi connectivity index (χ3n) is 4.90. The minimum Gasteiger partial charge on any atom is -0.340 e. The third-order valence-corrected chi connectivity index (χ3v) is 4.90. The van der Waals surface area contributed by atoms with Crippen LogP contribution in [0.3, 0.4) is 0 Å². The second kappa shape index (κ2) is 6.54. The molecule has 1 aliphatic rings. The summed E-state index contributed by atoms with van der Waals surface area (Å²) in [6.07, 6.45) is 5.59. The van der Waals surface area contributed by atoms with Crippen LogP contribution in [0.4, 0.5) is 0 Å². The van der Waals surface area contributed by atoms with Crippen LogP contribution in [0.25, 0.3) is 11.5 Å². The average Bonchev–Trinajstić information content (AvgIpc) is 3.43. The summed E-state index contributed by atoms with van der Waals surface area (Å²) >= 11 is 0. The van der Waals surface area contributed by atoms with E-state index < -0.39 is 0 Å². The first-order valence-corrected chi connectivity index (χ1v) is 9.00. The van der Waals surface area contributed by atoms with Crippen molar-refractivity contribution in [3.8, 4) is 5.82 Å². The molecule has 27 heavy (non-hydrogen) atoms. The Morgan fingerprint density at radius 2 is 2.07 bits per heavy atom. The van der Waals surface area contributed by atoms with Crippen LogP contribution < -0.4 is 0 Å². The summed E-state index contributed by atoms with van der Waals surface area (Å²) in [6, 6.07) is 5.70. The molecule has 5 rings (SSSR count). The molecule has 0 aromatic carbocycles. The third kappa shape index (κ3) is 3.08. The molecule has 0 bridgehead atoms. The Kier molecular flexibility index (Phi) is 3.89. The lowest BCUT2D eigenvalue weighted by Crippen LogP contribution is -2.33. The maximum Gasteiger partial charge on any atom is 0.223 e. The van der Waals surface area contributed by atoms with Gasteiger partial charge in [0.05, 0.1) is 6.54 Å². The molecule has 0 saturated carbocycles. The lowest BCUT2D eigenvalue weighted by Gasteiger charge is -2.29. The monoisotopic (exact) mass is 365 g/mol. The van der Waals surface area contributed by atoms with Crippen molar-refractivity contribution < 1.29 is 4.52 Å². The minimum absolute atomic E-state index is 0.323. The lowest BCUT2D eigenvalue weighted by molar-refractivity contribution is 0.194. The summed E-state index contributed by atoms with van der Waals surface area (Å²) in [6.45, 7) is 4.42. The highest BCUT2D eigenvalue weighted by Crippen LogP contribution is 2.27. The minimum atomic E-state index is 0.323. The molecule has 1 saturated heterocycles. The van der Waals surface area contributed by atoms with Gasteiger partial charge in [0, 0.05) is 25.2 Å². The summed E-state index contributed by atoms with van der Waals surface area (Å²) in [7, 11) is 0. The van der Waals surface area contributed by atoms with E-state index in [4.69, 9.17) is 4.52 Å². The Bertz CT molecular complexity index is 1040. The number of rotatable bonds is 4. The van der Waals surface area contributed by atoms with E-state index in [1.807, 2.05) is 35.8 Å². The molecule has 0 N–H and O–H groups in total. The second-order valence-electron chi connectivity index (χ2n) is 6.75. The number of fused-ring (bicyclic) bond motifs is 1. The van der Waals surface area contributed by atoms with Crippen molar-refractivity contribution in [1.29, 1.82) is 0 Å². The van der Waals surface area contributed by atoms with E-state index in [2.05, 4.69) is 35.4 Å². The van der Waals surface area contributed by atoms with Crippen LogP contribution in [-0.4, -0.2) is 57.7 Å². The highest BCUT2D eigenvalue weighted by atomic mass is 16.5. The van der Waals surface area contributed by atoms with E-state index in [0.717, 1.165) is 49.0 Å². The van der Waals surface area contributed by atoms with E-state index in [1.165, 1.54) is 0 Å². The van der Waals surface area contributed by atoms with Crippen LogP contribution >= 0.6 is 0 Å². The van der Waals surface area contributed by atoms with Gasteiger partial charge in [-0.25, -0.2) is 4.68 Å². The van der Waals surface area contributed by atoms with Crippen molar-refractivity contribution in [3.63, 3.8) is 0 Å². The molecular formula is C17H19N9O. The smallest absolute Gasteiger partial charge is 0.223 e. The maximum atomic E-state index is 5.05. The molecule has 0 spiro atoms. The van der Waals surface area contributed by atoms with Gasteiger partial charge in [-0.1, -0.05) is 5.16 Å². The van der Waals surface area contributed by atoms with Crippen LogP contribution in [0.15, 0.2) is 35.1 Å². The molecule has 138 valence electrons. The van der Waals surface area contributed by atoms with Gasteiger partial charge in [0.2, 0.25) is 5.89 Å². The fourth-order valence-corrected chi connectivity index (χ4v) is 3.53. The standard InChI is InChI=1S/C17H19N9O/c1-12-19-14(23-27-12)11-24-9-5-13(6-10-24)17-21-20-15-3-4-16(22-26(15)17)25-8-2-7-18-25/h2-4,7-8,13H,5-6,9-11H2,1H3. The number of piperidine rings is 1. The predicted octanol–water partition coefficient (Wildman–Crippen LogP) is 1.38. The first-order valence-electron chi connectivity index (χ1n) is 9.00. The van der Waals surface area contributed by atoms with Gasteiger partial charge in [-0.15, -0.1) is 15.3 Å². The van der Waals surface area contributed by atoms with E-state index in [-0.39, 0.29) is 0 Å². The van der Waals surface area contributed by atoms with Crippen molar-refractivity contribution in [3.05, 3.63) is 48.1 Å². The molecule has 10 heteroatoms. The van der Waals surface area contributed by atoms with Gasteiger partial charge in [0.25, 0.3) is 0 Å². The Labute approximate surface area is 154 Å². The van der Waals surface area contributed by atoms with E-state index in [9.17, 15) is 0 Å². The SMILES string of the molecule is Cc1nc(CN2CCC(c3nnc4ccc(-n5cccn5)nn34)CC2)no1. The molecule has 4 aromatic heterocycles. The molecule has 0 unspecified atom stereocenters. The Hall–Kier alpha value is -3.14. The predicted molar refractivity (Wildman–Crippen MR) is 94.2 cm³/mol. The molecule has 0 atom stereocenters. The van der Waals surface area contributed by atoms with Crippen molar-refractivity contribution in [2.24, 2.45) is 0 Å². The molecule has 1 fully saturated rings. The fraction of sp³-hybridized carbons (Fsp3) is 0.412. The summed E-state index contributed by atoms with van der Waals surface area (Å²) in [5, 5.41) is 21.6. The van der Waals surface area contributed by atoms with Crippen molar-refractivity contribution in [2.45, 2.75) is 32.2 Å². The van der Waals surface area contributed by atoms with Gasteiger partial charge in [-0.2, -0.15) is 14.6 Å². The zero-order valence-corrected chi connectivity index (χ0v) is 14.9. The fourth-order valence-electron chi connectivity index (χ4n) is 3.53. The number of hydrogen-bond donors (Lipinski definition) is 0. The zero-order valence-electron chi connectivity index (χ0n) is 14.9. The van der Waals surface area contributed by atoms with Gasteiger partial charge in [-0.3, -0.25) is 4.90 Å². The number of hydrogen-bond acceptors (Lipinski definition) is 8. The van der Waals surface area contributed by atoms with Crippen molar-refractivity contribution >= 4 is 5.65 Å². The highest BCUT2D eigenvalue weighted by Gasteiger charge is 2.26. The first kappa shape index (κ1) is 16.1. The number of aryl methyl sites for hydroxylation is 1. The van der Waals surface area contributed by atoms with Gasteiger partial charge < -0.3 is 4.52 Å². The first-order chi connectivity index (χ1) is 13.3. The van der Waals surface area contributed by atoms with Crippen LogP contribution in [0.2, 0.25) is 0 Å². The second-order valence-corrected chi connectivity index (χ2v) is 6.75. The molecule has 10 nitrogen and oxygen atoms in total. The number of likely N-dealkylation sites (tertiary alicyclic amines) is 1. The molecular weight excluding hydrogens is 346 g/mol. The highest BCUT2D eigenvalue weighted by molar-refractivity contribution is 5.39. The van der Waals surface area contributed by atoms with E-state index in [0.29, 0.717) is 18.4 Å². The van der Waals surface area contributed by atoms with Gasteiger partial charge in [-0.05, 0) is 44.1 Å². The summed E-state index contributed by atoms with van der Waals surface area (Å²) in [5.74, 6) is 3.33. The topological polar surface area (TPSA) is 103 Å². The molecule has 5 heterocycles. The van der Waals surface area contributed by atoms with Crippen LogP contribution in [0.5, 0.6) is 0 Å². The largest absolute Gasteiger partial charge is 0.340 e. The van der Waals surface area contributed by atoms with Crippen molar-refractivity contribution in [1.82, 2.24) is 44.6 Å². The van der Waals surface area contributed by atoms with Gasteiger partial charge in [0.1, 0.15) is 0 Å². The molecule has 1 aliphatic heterocycles. The summed E-state index contributed by atoms with van der Waals surface area (Å²) < 4.78 is 8.63. The van der Waals surface area contributed by atoms with Gasteiger partial charge in [0.15, 0.2) is 23.1 Å². The number of aromatic nitrogens is 8. The summed E-state index contributed by atoms with van der Waals surface area (Å²) in [5.41, 5.74) is 0.755. The molecule has 0 radical (unpaired) electrons. The summed E-state index contributed by atoms with van der Waals surface area (Å²) in [4.78, 5) is 6.62. The average molecular weight is 365 g/mol. The van der Waals surface area contributed by atoms with Gasteiger partial charge >= 0.3 is 0 Å². The molecule has 0 aliphatic carbocycles. The lowest BCUT2D eigenvalue weighted by atomic mass is 9.96. The zero-order chi connectivity index (χ0) is 18.2. The Morgan fingerprint density at radius 1 is 1.19 bits per heavy atom. The normalized spacial score (nSPS) is 16.3. The maximum absolute atomic E-state index is 5.05. The van der Waals surface area contributed by atoms with E-state index >= 15 is 0 Å². The quantitative estimate of drug-likeness (QED) is 0.534. The Morgan fingerprint density at radius 3 is 2.81 bits per heavy atom. The molecule has 4 aromatic rings. The van der Waals surface area contributed by atoms with Crippen LogP contribution in [0, 0.1) is 6.92 Å². The van der Waals surface area contributed by atoms with Crippen LogP contribution in [-0.2, 0) is 6.54 Å². The Balaban J connectivity index is 1.33.